The second-order valence-corrected chi connectivity index (χ2v) is 5.94. The first-order valence-electron chi connectivity index (χ1n) is 7.82. The van der Waals surface area contributed by atoms with Crippen LogP contribution in [0.3, 0.4) is 0 Å². The van der Waals surface area contributed by atoms with E-state index in [1.165, 1.54) is 0 Å². The molecule has 0 radical (unpaired) electrons. The average molecular weight is 347 g/mol. The third-order valence-corrected chi connectivity index (χ3v) is 3.99. The molecule has 0 N–H and O–H groups in total. The van der Waals surface area contributed by atoms with Crippen molar-refractivity contribution in [3.05, 3.63) is 112 Å². The third-order valence-electron chi connectivity index (χ3n) is 3.74. The van der Waals surface area contributed by atoms with E-state index in [0.717, 1.165) is 5.56 Å². The Morgan fingerprint density at radius 3 is 1.52 bits per heavy atom. The van der Waals surface area contributed by atoms with Crippen LogP contribution in [0.2, 0.25) is 5.02 Å². The second-order valence-electron chi connectivity index (χ2n) is 5.50. The zero-order valence-electron chi connectivity index (χ0n) is 13.4. The number of carbonyl (C=O) groups is 2. The van der Waals surface area contributed by atoms with Crippen LogP contribution in [0.1, 0.15) is 26.3 Å². The number of Topliss-reactive ketones (excluding diaryl/α,β-unsaturated/α-hetero) is 2. The van der Waals surface area contributed by atoms with Gasteiger partial charge in [-0.05, 0) is 23.8 Å². The van der Waals surface area contributed by atoms with E-state index < -0.39 is 0 Å². The predicted octanol–water partition coefficient (Wildman–Crippen LogP) is 5.49. The fraction of sp³-hybridized carbons (Fsp3) is 0. The summed E-state index contributed by atoms with van der Waals surface area (Å²) in [5, 5.41) is 0.600. The van der Waals surface area contributed by atoms with Gasteiger partial charge < -0.3 is 0 Å². The van der Waals surface area contributed by atoms with Gasteiger partial charge in [-0.1, -0.05) is 84.4 Å². The van der Waals surface area contributed by atoms with Crippen molar-refractivity contribution in [2.75, 3.05) is 0 Å². The van der Waals surface area contributed by atoms with Gasteiger partial charge in [0.15, 0.2) is 11.6 Å². The first-order valence-corrected chi connectivity index (χ1v) is 8.20. The molecule has 122 valence electrons. The Morgan fingerprint density at radius 1 is 0.640 bits per heavy atom. The Labute approximate surface area is 151 Å². The van der Waals surface area contributed by atoms with E-state index in [1.807, 2.05) is 12.1 Å². The van der Waals surface area contributed by atoms with E-state index in [2.05, 4.69) is 0 Å². The SMILES string of the molecule is O=C(C(=Cc1ccc(Cl)cc1)C(=O)c1ccccc1)c1ccccc1. The van der Waals surface area contributed by atoms with Crippen LogP contribution in [-0.4, -0.2) is 11.6 Å². The van der Waals surface area contributed by atoms with Crippen molar-refractivity contribution in [3.63, 3.8) is 0 Å². The number of carbonyl (C=O) groups excluding carboxylic acids is 2. The van der Waals surface area contributed by atoms with Crippen LogP contribution in [0.25, 0.3) is 6.08 Å². The first kappa shape index (κ1) is 16.9. The fourth-order valence-corrected chi connectivity index (χ4v) is 2.58. The van der Waals surface area contributed by atoms with Gasteiger partial charge in [-0.15, -0.1) is 0 Å². The maximum Gasteiger partial charge on any atom is 0.196 e. The zero-order valence-corrected chi connectivity index (χ0v) is 14.1. The lowest BCUT2D eigenvalue weighted by atomic mass is 9.94. The molecule has 25 heavy (non-hydrogen) atoms. The lowest BCUT2D eigenvalue weighted by Gasteiger charge is -2.07. The summed E-state index contributed by atoms with van der Waals surface area (Å²) in [5.41, 5.74) is 1.83. The maximum atomic E-state index is 12.9. The number of allylic oxidation sites excluding steroid dienone is 1. The van der Waals surface area contributed by atoms with Crippen molar-refractivity contribution in [1.82, 2.24) is 0 Å². The molecular weight excluding hydrogens is 332 g/mol. The maximum absolute atomic E-state index is 12.9. The highest BCUT2D eigenvalue weighted by Gasteiger charge is 2.21. The molecule has 3 aromatic carbocycles. The lowest BCUT2D eigenvalue weighted by molar-refractivity contribution is 0.0964. The summed E-state index contributed by atoms with van der Waals surface area (Å²) >= 11 is 5.91. The van der Waals surface area contributed by atoms with Gasteiger partial charge in [-0.25, -0.2) is 0 Å². The van der Waals surface area contributed by atoms with Crippen molar-refractivity contribution in [1.29, 1.82) is 0 Å². The smallest absolute Gasteiger partial charge is 0.196 e. The van der Waals surface area contributed by atoms with Gasteiger partial charge in [-0.3, -0.25) is 9.59 Å². The molecule has 0 unspecified atom stereocenters. The Morgan fingerprint density at radius 2 is 1.08 bits per heavy atom. The van der Waals surface area contributed by atoms with E-state index in [9.17, 15) is 9.59 Å². The molecule has 0 saturated carbocycles. The van der Waals surface area contributed by atoms with Gasteiger partial charge in [0.05, 0.1) is 5.57 Å². The van der Waals surface area contributed by atoms with Gasteiger partial charge in [-0.2, -0.15) is 0 Å². The summed E-state index contributed by atoms with van der Waals surface area (Å²) in [7, 11) is 0. The first-order chi connectivity index (χ1) is 12.1. The molecule has 3 aromatic rings. The Bertz CT molecular complexity index is 858. The number of ketones is 2. The van der Waals surface area contributed by atoms with Crippen LogP contribution in [0, 0.1) is 0 Å². The van der Waals surface area contributed by atoms with E-state index >= 15 is 0 Å². The fourth-order valence-electron chi connectivity index (χ4n) is 2.45. The molecule has 2 nitrogen and oxygen atoms in total. The molecule has 0 atom stereocenters. The van der Waals surface area contributed by atoms with Crippen molar-refractivity contribution < 1.29 is 9.59 Å². The highest BCUT2D eigenvalue weighted by molar-refractivity contribution is 6.33. The van der Waals surface area contributed by atoms with Crippen molar-refractivity contribution >= 4 is 29.2 Å². The van der Waals surface area contributed by atoms with E-state index in [0.29, 0.717) is 16.1 Å². The Balaban J connectivity index is 2.06. The lowest BCUT2D eigenvalue weighted by Crippen LogP contribution is -2.13. The van der Waals surface area contributed by atoms with Crippen LogP contribution in [0.5, 0.6) is 0 Å². The minimum absolute atomic E-state index is 0.125. The van der Waals surface area contributed by atoms with Crippen LogP contribution in [0.15, 0.2) is 90.5 Å². The third kappa shape index (κ3) is 4.11. The number of hydrogen-bond donors (Lipinski definition) is 0. The van der Waals surface area contributed by atoms with Crippen LogP contribution in [0.4, 0.5) is 0 Å². The molecule has 0 bridgehead atoms. The molecule has 0 amide bonds. The standard InChI is InChI=1S/C22H15ClO2/c23-19-13-11-16(12-14-19)15-20(21(24)17-7-3-1-4-8-17)22(25)18-9-5-2-6-10-18/h1-15H. The van der Waals surface area contributed by atoms with E-state index in [1.54, 1.807) is 78.9 Å². The van der Waals surface area contributed by atoms with Crippen LogP contribution in [-0.2, 0) is 0 Å². The minimum atomic E-state index is -0.301. The molecule has 0 saturated heterocycles. The summed E-state index contributed by atoms with van der Waals surface area (Å²) in [6.45, 7) is 0. The molecule has 0 heterocycles. The molecule has 0 fully saturated rings. The summed E-state index contributed by atoms with van der Waals surface area (Å²) < 4.78 is 0. The summed E-state index contributed by atoms with van der Waals surface area (Å²) in [5.74, 6) is -0.603. The van der Waals surface area contributed by atoms with Gasteiger partial charge in [0, 0.05) is 16.1 Å². The van der Waals surface area contributed by atoms with Gasteiger partial charge in [0.2, 0.25) is 0 Å². The van der Waals surface area contributed by atoms with Crippen molar-refractivity contribution in [2.24, 2.45) is 0 Å². The molecule has 0 aliphatic rings. The quantitative estimate of drug-likeness (QED) is 0.265. The number of hydrogen-bond acceptors (Lipinski definition) is 2. The van der Waals surface area contributed by atoms with E-state index in [4.69, 9.17) is 11.6 Å². The Kier molecular flexibility index (Phi) is 5.22. The van der Waals surface area contributed by atoms with Gasteiger partial charge in [0.1, 0.15) is 0 Å². The molecule has 3 heteroatoms. The predicted molar refractivity (Wildman–Crippen MR) is 101 cm³/mol. The van der Waals surface area contributed by atoms with Crippen molar-refractivity contribution in [3.8, 4) is 0 Å². The molecular formula is C22H15ClO2. The molecule has 0 spiro atoms. The number of benzene rings is 3. The minimum Gasteiger partial charge on any atom is -0.288 e. The number of rotatable bonds is 5. The summed E-state index contributed by atoms with van der Waals surface area (Å²) in [4.78, 5) is 25.8. The van der Waals surface area contributed by atoms with Crippen molar-refractivity contribution in [2.45, 2.75) is 0 Å². The van der Waals surface area contributed by atoms with Crippen LogP contribution < -0.4 is 0 Å². The normalized spacial score (nSPS) is 10.1. The summed E-state index contributed by atoms with van der Waals surface area (Å²) in [6, 6.07) is 24.6. The molecule has 0 aromatic heterocycles. The summed E-state index contributed by atoms with van der Waals surface area (Å²) in [6.07, 6.45) is 1.61. The van der Waals surface area contributed by atoms with Crippen LogP contribution >= 0.6 is 11.6 Å². The second kappa shape index (κ2) is 7.73. The molecule has 0 aliphatic heterocycles. The van der Waals surface area contributed by atoms with Gasteiger partial charge >= 0.3 is 0 Å². The highest BCUT2D eigenvalue weighted by atomic mass is 35.5. The molecule has 0 aliphatic carbocycles. The van der Waals surface area contributed by atoms with Gasteiger partial charge in [0.25, 0.3) is 0 Å². The highest BCUT2D eigenvalue weighted by Crippen LogP contribution is 2.19. The number of halogens is 1. The molecule has 3 rings (SSSR count). The topological polar surface area (TPSA) is 34.1 Å². The largest absolute Gasteiger partial charge is 0.288 e. The zero-order chi connectivity index (χ0) is 17.6. The monoisotopic (exact) mass is 346 g/mol. The van der Waals surface area contributed by atoms with E-state index in [-0.39, 0.29) is 17.1 Å². The average Bonchev–Trinajstić information content (AvgIpc) is 2.68. The Hall–Kier alpha value is -2.97.